The quantitative estimate of drug-likeness (QED) is 0.206. The van der Waals surface area contributed by atoms with Crippen LogP contribution in [0, 0.1) is 59.2 Å². The third-order valence-corrected chi connectivity index (χ3v) is 15.9. The Morgan fingerprint density at radius 3 is 1.21 bits per heavy atom. The Balaban J connectivity index is 0.968. The molecule has 0 saturated carbocycles. The molecule has 7 saturated heterocycles. The van der Waals surface area contributed by atoms with Crippen molar-refractivity contribution in [2.45, 2.75) is 215 Å². The monoisotopic (exact) mass is 811 g/mol. The van der Waals surface area contributed by atoms with Crippen LogP contribution in [0.2, 0.25) is 0 Å². The smallest absolute Gasteiger partial charge is 0.161 e. The summed E-state index contributed by atoms with van der Waals surface area (Å²) in [6.07, 6.45) is -0.462. The van der Waals surface area contributed by atoms with Gasteiger partial charge in [0.25, 0.3) is 0 Å². The molecule has 7 rings (SSSR count). The average molecular weight is 811 g/mol. The van der Waals surface area contributed by atoms with E-state index in [0.29, 0.717) is 19.1 Å². The number of hydrogen-bond acceptors (Lipinski definition) is 12. The van der Waals surface area contributed by atoms with Gasteiger partial charge in [-0.15, -0.1) is 0 Å². The van der Waals surface area contributed by atoms with E-state index in [4.69, 9.17) is 56.8 Å². The molecule has 12 nitrogen and oxygen atoms in total. The van der Waals surface area contributed by atoms with Crippen molar-refractivity contribution in [3.63, 3.8) is 0 Å². The van der Waals surface area contributed by atoms with Gasteiger partial charge in [-0.1, -0.05) is 90.0 Å². The van der Waals surface area contributed by atoms with E-state index in [1.807, 2.05) is 6.92 Å². The summed E-state index contributed by atoms with van der Waals surface area (Å²) in [6.45, 7) is 31.9. The first kappa shape index (κ1) is 44.6. The van der Waals surface area contributed by atoms with Crippen molar-refractivity contribution in [2.24, 2.45) is 59.2 Å². The Hall–Kier alpha value is -0.480. The minimum absolute atomic E-state index is 0.00477. The fourth-order valence-electron chi connectivity index (χ4n) is 10.7. The third-order valence-electron chi connectivity index (χ3n) is 15.9. The Morgan fingerprint density at radius 1 is 0.368 bits per heavy atom. The average Bonchev–Trinajstić information content (AvgIpc) is 3.66. The van der Waals surface area contributed by atoms with Gasteiger partial charge in [0.1, 0.15) is 12.2 Å². The molecule has 0 aromatic carbocycles. The maximum atomic E-state index is 7.05. The topological polar surface area (TPSA) is 111 Å². The molecule has 7 aliphatic heterocycles. The van der Waals surface area contributed by atoms with Gasteiger partial charge in [0.15, 0.2) is 37.7 Å². The number of fused-ring (bicyclic) bond motifs is 3. The SMILES string of the molecule is CCC1O[C@@H](O[C@@H]2C(CC)O[C@@H](O[C@@H]3C(CC)O[C@@H](O[C@H]4C(C)C(C)[C@@H]5OC[C@@H]4O5)C(C)[C@H]3C)C(C)[C@H]2C)C(C)C(C)[C@@H]1O[C@H]1OC2COC(C)O[C@H]2C(C)C1C. The molecule has 2 bridgehead atoms. The summed E-state index contributed by atoms with van der Waals surface area (Å²) in [5, 5.41) is 0. The van der Waals surface area contributed by atoms with Gasteiger partial charge in [-0.2, -0.15) is 0 Å². The van der Waals surface area contributed by atoms with E-state index < -0.39 is 0 Å². The first-order chi connectivity index (χ1) is 27.2. The second kappa shape index (κ2) is 18.5. The largest absolute Gasteiger partial charge is 0.350 e. The summed E-state index contributed by atoms with van der Waals surface area (Å²) in [5.74, 6) is 1.86. The molecule has 330 valence electrons. The standard InChI is InChI=1S/C45H78O12/c1-15-31-36(54-43-27(11)22(6)38(33(17-3)50-43)56-45-29(13)24(8)39-34(53-45)18-46-30(14)48-39)21(5)26(10)42(49-31)55-37-23(7)28(12)44(51-32(37)16-2)57-40-20(4)25(9)41-47-19-35(40)52-41/h20-45H,15-19H2,1-14H3/t20?,21-,22?,23-,24?,25?,26?,27?,28?,29?,30?,31?,32?,33?,34?,35+,36+,37+,38+,39+,40+,41-,42+,43+,44+,45-/m1/s1. The summed E-state index contributed by atoms with van der Waals surface area (Å²) in [6, 6.07) is 0. The van der Waals surface area contributed by atoms with Crippen molar-refractivity contribution in [1.29, 1.82) is 0 Å². The molecular formula is C45H78O12. The highest BCUT2D eigenvalue weighted by Gasteiger charge is 2.54. The molecular weight excluding hydrogens is 732 g/mol. The number of hydrogen-bond donors (Lipinski definition) is 0. The lowest BCUT2D eigenvalue weighted by Gasteiger charge is -2.52. The molecule has 0 aliphatic carbocycles. The summed E-state index contributed by atoms with van der Waals surface area (Å²) in [4.78, 5) is 0. The van der Waals surface area contributed by atoms with Crippen LogP contribution in [0.4, 0.5) is 0 Å². The van der Waals surface area contributed by atoms with Gasteiger partial charge in [-0.3, -0.25) is 0 Å². The lowest BCUT2D eigenvalue weighted by Crippen LogP contribution is -2.60. The van der Waals surface area contributed by atoms with E-state index in [1.165, 1.54) is 0 Å². The number of rotatable bonds is 11. The van der Waals surface area contributed by atoms with Crippen LogP contribution in [0.15, 0.2) is 0 Å². The highest BCUT2D eigenvalue weighted by atomic mass is 16.8. The van der Waals surface area contributed by atoms with Crippen molar-refractivity contribution in [1.82, 2.24) is 0 Å². The third kappa shape index (κ3) is 8.66. The molecule has 0 amide bonds. The second-order valence-corrected chi connectivity index (χ2v) is 19.3. The van der Waals surface area contributed by atoms with E-state index in [2.05, 4.69) is 90.0 Å². The van der Waals surface area contributed by atoms with Gasteiger partial charge in [-0.25, -0.2) is 0 Å². The molecule has 12 heteroatoms. The van der Waals surface area contributed by atoms with Crippen LogP contribution in [0.1, 0.15) is 116 Å². The van der Waals surface area contributed by atoms with E-state index >= 15 is 0 Å². The van der Waals surface area contributed by atoms with Gasteiger partial charge in [-0.05, 0) is 55.8 Å². The molecule has 7 heterocycles. The van der Waals surface area contributed by atoms with Crippen molar-refractivity contribution >= 4 is 0 Å². The van der Waals surface area contributed by atoms with E-state index in [0.717, 1.165) is 19.3 Å². The molecule has 57 heavy (non-hydrogen) atoms. The summed E-state index contributed by atoms with van der Waals surface area (Å²) >= 11 is 0. The molecule has 13 unspecified atom stereocenters. The first-order valence-corrected chi connectivity index (χ1v) is 22.9. The lowest BCUT2D eigenvalue weighted by atomic mass is 9.81. The lowest BCUT2D eigenvalue weighted by molar-refractivity contribution is -0.371. The van der Waals surface area contributed by atoms with Crippen molar-refractivity contribution in [3.05, 3.63) is 0 Å². The fourth-order valence-corrected chi connectivity index (χ4v) is 10.7. The van der Waals surface area contributed by atoms with Crippen molar-refractivity contribution in [3.8, 4) is 0 Å². The Morgan fingerprint density at radius 2 is 0.754 bits per heavy atom. The summed E-state index contributed by atoms with van der Waals surface area (Å²) in [7, 11) is 0. The van der Waals surface area contributed by atoms with Crippen molar-refractivity contribution < 1.29 is 56.8 Å². The Labute approximate surface area is 343 Å². The zero-order valence-electron chi connectivity index (χ0n) is 37.4. The van der Waals surface area contributed by atoms with Gasteiger partial charge >= 0.3 is 0 Å². The van der Waals surface area contributed by atoms with Crippen LogP contribution >= 0.6 is 0 Å². The fraction of sp³-hybridized carbons (Fsp3) is 1.00. The van der Waals surface area contributed by atoms with Crippen LogP contribution in [-0.2, 0) is 56.8 Å². The predicted molar refractivity (Wildman–Crippen MR) is 212 cm³/mol. The van der Waals surface area contributed by atoms with Crippen LogP contribution in [0.3, 0.4) is 0 Å². The summed E-state index contributed by atoms with van der Waals surface area (Å²) < 4.78 is 78.8. The number of ether oxygens (including phenoxy) is 12. The van der Waals surface area contributed by atoms with E-state index in [1.54, 1.807) is 0 Å². The maximum Gasteiger partial charge on any atom is 0.161 e. The molecule has 0 radical (unpaired) electrons. The van der Waals surface area contributed by atoms with Crippen LogP contribution in [0.5, 0.6) is 0 Å². The first-order valence-electron chi connectivity index (χ1n) is 22.9. The van der Waals surface area contributed by atoms with Gasteiger partial charge in [0.05, 0.1) is 62.0 Å². The minimum Gasteiger partial charge on any atom is -0.350 e. The van der Waals surface area contributed by atoms with E-state index in [-0.39, 0.29) is 152 Å². The van der Waals surface area contributed by atoms with Crippen LogP contribution in [-0.4, -0.2) is 112 Å². The maximum absolute atomic E-state index is 7.05. The highest BCUT2D eigenvalue weighted by molar-refractivity contribution is 4.96. The molecule has 7 fully saturated rings. The molecule has 0 spiro atoms. The molecule has 0 aromatic rings. The van der Waals surface area contributed by atoms with Gasteiger partial charge in [0, 0.05) is 29.6 Å². The molecule has 0 N–H and O–H groups in total. The second-order valence-electron chi connectivity index (χ2n) is 19.3. The van der Waals surface area contributed by atoms with Crippen LogP contribution in [0.25, 0.3) is 0 Å². The van der Waals surface area contributed by atoms with Crippen molar-refractivity contribution in [2.75, 3.05) is 13.2 Å². The Kier molecular flexibility index (Phi) is 14.4. The van der Waals surface area contributed by atoms with Crippen LogP contribution < -0.4 is 0 Å². The normalized spacial score (nSPS) is 55.7. The molecule has 7 aliphatic rings. The zero-order valence-corrected chi connectivity index (χ0v) is 37.4. The molecule has 26 atom stereocenters. The van der Waals surface area contributed by atoms with E-state index in [9.17, 15) is 0 Å². The zero-order chi connectivity index (χ0) is 41.0. The summed E-state index contributed by atoms with van der Waals surface area (Å²) in [5.41, 5.74) is 0. The molecule has 0 aromatic heterocycles. The minimum atomic E-state index is -0.384. The predicted octanol–water partition coefficient (Wildman–Crippen LogP) is 7.53. The van der Waals surface area contributed by atoms with Gasteiger partial charge < -0.3 is 56.8 Å². The Bertz CT molecular complexity index is 1280. The van der Waals surface area contributed by atoms with Gasteiger partial charge in [0.2, 0.25) is 0 Å². The highest BCUT2D eigenvalue weighted by Crippen LogP contribution is 2.46.